The molecule has 3 heteroatoms. The van der Waals surface area contributed by atoms with Gasteiger partial charge in [-0.15, -0.1) is 0 Å². The molecule has 0 bridgehead atoms. The molecular weight excluding hydrogens is 390 g/mol. The van der Waals surface area contributed by atoms with Crippen molar-refractivity contribution in [3.8, 4) is 0 Å². The first kappa shape index (κ1) is 20.7. The third-order valence-corrected chi connectivity index (χ3v) is 6.54. The molecule has 1 aliphatic carbocycles. The summed E-state index contributed by atoms with van der Waals surface area (Å²) in [7, 11) is 0. The normalized spacial score (nSPS) is 17.6. The number of halogens is 1. The van der Waals surface area contributed by atoms with Crippen molar-refractivity contribution in [3.05, 3.63) is 106 Å². The van der Waals surface area contributed by atoms with E-state index in [0.717, 1.165) is 30.7 Å². The van der Waals surface area contributed by atoms with E-state index >= 15 is 0 Å². The van der Waals surface area contributed by atoms with Gasteiger partial charge >= 0.3 is 0 Å². The van der Waals surface area contributed by atoms with E-state index in [1.165, 1.54) is 22.3 Å². The molecule has 0 radical (unpaired) electrons. The van der Waals surface area contributed by atoms with Crippen LogP contribution >= 0.6 is 11.6 Å². The highest BCUT2D eigenvalue weighted by Gasteiger charge is 2.28. The quantitative estimate of drug-likeness (QED) is 0.525. The van der Waals surface area contributed by atoms with Crippen LogP contribution in [0.3, 0.4) is 0 Å². The summed E-state index contributed by atoms with van der Waals surface area (Å²) in [5, 5.41) is 4.09. The lowest BCUT2D eigenvalue weighted by atomic mass is 9.82. The van der Waals surface area contributed by atoms with E-state index in [2.05, 4.69) is 72.9 Å². The van der Waals surface area contributed by atoms with Crippen molar-refractivity contribution in [3.63, 3.8) is 0 Å². The van der Waals surface area contributed by atoms with Gasteiger partial charge in [-0.1, -0.05) is 78.3 Å². The van der Waals surface area contributed by atoms with Gasteiger partial charge in [-0.2, -0.15) is 0 Å². The molecule has 3 atom stereocenters. The Morgan fingerprint density at radius 1 is 0.967 bits per heavy atom. The van der Waals surface area contributed by atoms with E-state index in [4.69, 9.17) is 11.6 Å². The number of benzene rings is 3. The molecular formula is C27H28ClNO. The second kappa shape index (κ2) is 9.49. The first-order chi connectivity index (χ1) is 14.6. The number of carbonyl (C=O) groups is 1. The minimum atomic E-state index is 0.0350. The minimum Gasteiger partial charge on any atom is -0.353 e. The third-order valence-electron chi connectivity index (χ3n) is 6.29. The van der Waals surface area contributed by atoms with Crippen molar-refractivity contribution in [1.82, 2.24) is 5.32 Å². The van der Waals surface area contributed by atoms with Crippen molar-refractivity contribution in [1.29, 1.82) is 0 Å². The van der Waals surface area contributed by atoms with E-state index in [9.17, 15) is 4.79 Å². The molecule has 0 saturated carbocycles. The molecule has 0 spiro atoms. The highest BCUT2D eigenvalue weighted by Crippen LogP contribution is 2.28. The number of nitrogens with one attached hydrogen (secondary N) is 1. The number of aryl methyl sites for hydroxylation is 1. The van der Waals surface area contributed by atoms with Crippen LogP contribution in [0.4, 0.5) is 0 Å². The number of carbonyl (C=O) groups excluding carboxylic acids is 1. The standard InChI is InChI=1S/C27H28ClNO/c1-19(29-27(30)24-14-13-21-7-5-6-10-23(21)18-24)26(22-8-3-2-4-9-22)17-20-11-15-25(28)16-12-20/h2-12,15-16,19,24,26H,13-14,17-18H2,1H3,(H,29,30). The molecule has 4 rings (SSSR count). The number of rotatable bonds is 6. The maximum atomic E-state index is 13.1. The van der Waals surface area contributed by atoms with E-state index in [0.29, 0.717) is 0 Å². The second-order valence-corrected chi connectivity index (χ2v) is 8.79. The Labute approximate surface area is 184 Å². The molecule has 0 heterocycles. The van der Waals surface area contributed by atoms with Gasteiger partial charge in [0.05, 0.1) is 0 Å². The van der Waals surface area contributed by atoms with Crippen LogP contribution in [-0.4, -0.2) is 11.9 Å². The minimum absolute atomic E-state index is 0.0350. The zero-order valence-electron chi connectivity index (χ0n) is 17.4. The van der Waals surface area contributed by atoms with Crippen LogP contribution in [0.25, 0.3) is 0 Å². The summed E-state index contributed by atoms with van der Waals surface area (Å²) >= 11 is 6.06. The Morgan fingerprint density at radius 2 is 1.63 bits per heavy atom. The topological polar surface area (TPSA) is 29.1 Å². The van der Waals surface area contributed by atoms with E-state index < -0.39 is 0 Å². The fourth-order valence-electron chi connectivity index (χ4n) is 4.52. The third kappa shape index (κ3) is 4.94. The molecule has 0 fully saturated rings. The average Bonchev–Trinajstić information content (AvgIpc) is 2.78. The number of hydrogen-bond donors (Lipinski definition) is 1. The Balaban J connectivity index is 1.48. The zero-order chi connectivity index (χ0) is 20.9. The van der Waals surface area contributed by atoms with Crippen LogP contribution in [0.1, 0.15) is 41.5 Å². The lowest BCUT2D eigenvalue weighted by molar-refractivity contribution is -0.126. The molecule has 3 aromatic carbocycles. The van der Waals surface area contributed by atoms with Crippen molar-refractivity contribution >= 4 is 17.5 Å². The molecule has 1 aliphatic rings. The summed E-state index contributed by atoms with van der Waals surface area (Å²) in [6.07, 6.45) is 3.59. The molecule has 154 valence electrons. The fraction of sp³-hybridized carbons (Fsp3) is 0.296. The number of amides is 1. The molecule has 1 N–H and O–H groups in total. The van der Waals surface area contributed by atoms with E-state index in [1.54, 1.807) is 0 Å². The summed E-state index contributed by atoms with van der Waals surface area (Å²) in [4.78, 5) is 13.1. The van der Waals surface area contributed by atoms with Gasteiger partial charge < -0.3 is 5.32 Å². The largest absolute Gasteiger partial charge is 0.353 e. The molecule has 3 aromatic rings. The molecule has 0 aliphatic heterocycles. The van der Waals surface area contributed by atoms with Gasteiger partial charge in [0.25, 0.3) is 0 Å². The summed E-state index contributed by atoms with van der Waals surface area (Å²) in [5.41, 5.74) is 5.17. The Kier molecular flexibility index (Phi) is 6.54. The first-order valence-electron chi connectivity index (χ1n) is 10.8. The highest BCUT2D eigenvalue weighted by molar-refractivity contribution is 6.30. The van der Waals surface area contributed by atoms with Crippen LogP contribution in [0.2, 0.25) is 5.02 Å². The fourth-order valence-corrected chi connectivity index (χ4v) is 4.65. The van der Waals surface area contributed by atoms with E-state index in [-0.39, 0.29) is 23.8 Å². The number of hydrogen-bond acceptors (Lipinski definition) is 1. The monoisotopic (exact) mass is 417 g/mol. The van der Waals surface area contributed by atoms with Crippen LogP contribution in [0, 0.1) is 5.92 Å². The maximum absolute atomic E-state index is 13.1. The Hall–Kier alpha value is -2.58. The van der Waals surface area contributed by atoms with Gasteiger partial charge in [-0.25, -0.2) is 0 Å². The lowest BCUT2D eigenvalue weighted by Crippen LogP contribution is -2.42. The summed E-state index contributed by atoms with van der Waals surface area (Å²) in [6, 6.07) is 27.0. The molecule has 1 amide bonds. The molecule has 0 aromatic heterocycles. The van der Waals surface area contributed by atoms with Gasteiger partial charge in [0.15, 0.2) is 0 Å². The Bertz CT molecular complexity index is 983. The summed E-state index contributed by atoms with van der Waals surface area (Å²) < 4.78 is 0. The molecule has 0 saturated heterocycles. The average molecular weight is 418 g/mol. The summed E-state index contributed by atoms with van der Waals surface area (Å²) in [6.45, 7) is 2.13. The Morgan fingerprint density at radius 3 is 2.37 bits per heavy atom. The lowest BCUT2D eigenvalue weighted by Gasteiger charge is -2.29. The van der Waals surface area contributed by atoms with Gasteiger partial charge in [-0.05, 0) is 67.0 Å². The van der Waals surface area contributed by atoms with Gasteiger partial charge in [0.1, 0.15) is 0 Å². The zero-order valence-corrected chi connectivity index (χ0v) is 18.1. The predicted octanol–water partition coefficient (Wildman–Crippen LogP) is 5.98. The van der Waals surface area contributed by atoms with Crippen molar-refractivity contribution in [2.45, 2.75) is 44.6 Å². The predicted molar refractivity (Wildman–Crippen MR) is 124 cm³/mol. The smallest absolute Gasteiger partial charge is 0.223 e. The first-order valence-corrected chi connectivity index (χ1v) is 11.1. The van der Waals surface area contributed by atoms with Crippen LogP contribution < -0.4 is 5.32 Å². The van der Waals surface area contributed by atoms with Crippen molar-refractivity contribution < 1.29 is 4.79 Å². The number of fused-ring (bicyclic) bond motifs is 1. The van der Waals surface area contributed by atoms with Crippen LogP contribution in [0.15, 0.2) is 78.9 Å². The maximum Gasteiger partial charge on any atom is 0.223 e. The second-order valence-electron chi connectivity index (χ2n) is 8.35. The van der Waals surface area contributed by atoms with Gasteiger partial charge in [0.2, 0.25) is 5.91 Å². The molecule has 30 heavy (non-hydrogen) atoms. The van der Waals surface area contributed by atoms with Gasteiger partial charge in [-0.3, -0.25) is 4.79 Å². The van der Waals surface area contributed by atoms with Crippen molar-refractivity contribution in [2.75, 3.05) is 0 Å². The highest BCUT2D eigenvalue weighted by atomic mass is 35.5. The van der Waals surface area contributed by atoms with E-state index in [1.807, 2.05) is 18.2 Å². The molecule has 3 unspecified atom stereocenters. The van der Waals surface area contributed by atoms with Crippen LogP contribution in [0.5, 0.6) is 0 Å². The van der Waals surface area contributed by atoms with Gasteiger partial charge in [0, 0.05) is 22.9 Å². The SMILES string of the molecule is CC(NC(=O)C1CCc2ccccc2C1)C(Cc1ccc(Cl)cc1)c1ccccc1. The summed E-state index contributed by atoms with van der Waals surface area (Å²) in [5.74, 6) is 0.426. The van der Waals surface area contributed by atoms with Crippen LogP contribution in [-0.2, 0) is 24.1 Å². The van der Waals surface area contributed by atoms with Crippen molar-refractivity contribution in [2.24, 2.45) is 5.92 Å². The molecule has 2 nitrogen and oxygen atoms in total.